The highest BCUT2D eigenvalue weighted by Gasteiger charge is 2.53. The van der Waals surface area contributed by atoms with E-state index in [0.717, 1.165) is 0 Å². The van der Waals surface area contributed by atoms with E-state index in [1.807, 2.05) is 0 Å². The molecule has 1 fully saturated rings. The van der Waals surface area contributed by atoms with Crippen LogP contribution < -0.4 is 0 Å². The number of carbonyl (C=O) groups is 5. The molecule has 4 aromatic rings. The molecule has 1 aliphatic heterocycles. The van der Waals surface area contributed by atoms with E-state index in [-0.39, 0.29) is 28.9 Å². The van der Waals surface area contributed by atoms with Crippen LogP contribution in [0.5, 0.6) is 0 Å². The summed E-state index contributed by atoms with van der Waals surface area (Å²) in [5, 5.41) is 12.9. The zero-order chi connectivity index (χ0) is 36.9. The van der Waals surface area contributed by atoms with Gasteiger partial charge in [-0.1, -0.05) is 78.0 Å². The van der Waals surface area contributed by atoms with Crippen molar-refractivity contribution in [3.05, 3.63) is 144 Å². The molecular weight excluding hydrogens is 674 g/mol. The molecule has 0 spiro atoms. The molecule has 0 aromatic heterocycles. The third kappa shape index (κ3) is 9.46. The predicted octanol–water partition coefficient (Wildman–Crippen LogP) is 5.07. The Balaban J connectivity index is 1.59. The lowest BCUT2D eigenvalue weighted by Crippen LogP contribution is -2.63. The number of nitrogens with zero attached hydrogens (tertiary/aromatic N) is 1. The van der Waals surface area contributed by atoms with Crippen molar-refractivity contribution in [2.75, 3.05) is 13.2 Å². The smallest absolute Gasteiger partial charge is 0.356 e. The Labute approximate surface area is 298 Å². The standard InChI is InChI=1S/C39H35NO12/c1-2-47-39(45)29(40-46)23-30-32(50-36(42)26-17-9-4-10-18-26)34(52-38(44)28-21-13-6-14-22-28)33(51-37(43)27-19-11-5-12-20-27)31(49-30)24-48-35(41)25-15-7-3-8-16-25/h3-22,30-34,46H,2,23-24H2,1H3/t30-,31-,32-,33-,34-/m1/s1. The molecule has 52 heavy (non-hydrogen) atoms. The maximum absolute atomic E-state index is 13.7. The van der Waals surface area contributed by atoms with Crippen molar-refractivity contribution >= 4 is 35.6 Å². The molecule has 1 heterocycles. The second-order valence-electron chi connectivity index (χ2n) is 11.4. The summed E-state index contributed by atoms with van der Waals surface area (Å²) in [5.41, 5.74) is 0.0649. The molecular formula is C39H35NO12. The van der Waals surface area contributed by atoms with Gasteiger partial charge in [0.1, 0.15) is 18.8 Å². The van der Waals surface area contributed by atoms with Crippen molar-refractivity contribution in [3.63, 3.8) is 0 Å². The molecule has 1 N–H and O–H groups in total. The lowest BCUT2D eigenvalue weighted by Gasteiger charge is -2.44. The zero-order valence-electron chi connectivity index (χ0n) is 27.9. The third-order valence-electron chi connectivity index (χ3n) is 7.90. The first-order valence-electron chi connectivity index (χ1n) is 16.3. The summed E-state index contributed by atoms with van der Waals surface area (Å²) >= 11 is 0. The summed E-state index contributed by atoms with van der Waals surface area (Å²) in [6, 6.07) is 31.8. The van der Waals surface area contributed by atoms with Crippen LogP contribution >= 0.6 is 0 Å². The fourth-order valence-electron chi connectivity index (χ4n) is 5.39. The normalized spacial score (nSPS) is 19.8. The maximum atomic E-state index is 13.7. The number of hydrogen-bond donors (Lipinski definition) is 1. The van der Waals surface area contributed by atoms with Crippen molar-refractivity contribution in [1.82, 2.24) is 0 Å². The van der Waals surface area contributed by atoms with Gasteiger partial charge in [-0.25, -0.2) is 24.0 Å². The number of rotatable bonds is 13. The summed E-state index contributed by atoms with van der Waals surface area (Å²) in [7, 11) is 0. The molecule has 1 saturated heterocycles. The molecule has 268 valence electrons. The number of carbonyl (C=O) groups excluding carboxylic acids is 5. The Morgan fingerprint density at radius 2 is 0.942 bits per heavy atom. The summed E-state index contributed by atoms with van der Waals surface area (Å²) in [6.07, 6.45) is -8.12. The van der Waals surface area contributed by atoms with Crippen molar-refractivity contribution in [2.45, 2.75) is 43.9 Å². The van der Waals surface area contributed by atoms with E-state index >= 15 is 0 Å². The summed E-state index contributed by atoms with van der Waals surface area (Å²) in [6.45, 7) is 0.944. The molecule has 0 amide bonds. The Bertz CT molecular complexity index is 1850. The minimum atomic E-state index is -1.63. The van der Waals surface area contributed by atoms with Gasteiger partial charge in [-0.2, -0.15) is 0 Å². The SMILES string of the molecule is CCOC(=O)C(C[C@H]1O[C@H](COC(=O)c2ccccc2)[C@@H](OC(=O)c2ccccc2)[C@H](OC(=O)c2ccccc2)[C@@H]1OC(=O)c1ccccc1)=NO. The van der Waals surface area contributed by atoms with Crippen LogP contribution in [0.3, 0.4) is 0 Å². The topological polar surface area (TPSA) is 173 Å². The average Bonchev–Trinajstić information content (AvgIpc) is 3.19. The number of oxime groups is 1. The van der Waals surface area contributed by atoms with Gasteiger partial charge in [-0.3, -0.25) is 0 Å². The van der Waals surface area contributed by atoms with Gasteiger partial charge >= 0.3 is 29.8 Å². The monoisotopic (exact) mass is 709 g/mol. The van der Waals surface area contributed by atoms with Crippen molar-refractivity contribution in [3.8, 4) is 0 Å². The highest BCUT2D eigenvalue weighted by molar-refractivity contribution is 6.36. The first kappa shape index (κ1) is 36.9. The van der Waals surface area contributed by atoms with Crippen LogP contribution in [0.4, 0.5) is 0 Å². The van der Waals surface area contributed by atoms with Crippen LogP contribution in [0.2, 0.25) is 0 Å². The molecule has 4 aromatic carbocycles. The maximum Gasteiger partial charge on any atom is 0.356 e. The van der Waals surface area contributed by atoms with Gasteiger partial charge < -0.3 is 33.6 Å². The van der Waals surface area contributed by atoms with E-state index in [9.17, 15) is 29.2 Å². The van der Waals surface area contributed by atoms with Gasteiger partial charge in [-0.05, 0) is 55.5 Å². The highest BCUT2D eigenvalue weighted by atomic mass is 16.7. The minimum Gasteiger partial charge on any atom is -0.461 e. The van der Waals surface area contributed by atoms with Crippen LogP contribution in [0, 0.1) is 0 Å². The molecule has 5 atom stereocenters. The van der Waals surface area contributed by atoms with Crippen molar-refractivity contribution < 1.29 is 57.6 Å². The van der Waals surface area contributed by atoms with Gasteiger partial charge in [-0.15, -0.1) is 0 Å². The fourth-order valence-corrected chi connectivity index (χ4v) is 5.39. The lowest BCUT2D eigenvalue weighted by molar-refractivity contribution is -0.227. The van der Waals surface area contributed by atoms with Gasteiger partial charge in [0.15, 0.2) is 24.0 Å². The first-order valence-corrected chi connectivity index (χ1v) is 16.3. The van der Waals surface area contributed by atoms with Crippen molar-refractivity contribution in [2.24, 2.45) is 5.16 Å². The first-order chi connectivity index (χ1) is 25.3. The molecule has 0 radical (unpaired) electrons. The van der Waals surface area contributed by atoms with Crippen LogP contribution in [-0.4, -0.2) is 84.5 Å². The molecule has 13 heteroatoms. The van der Waals surface area contributed by atoms with E-state index < -0.39 is 79.1 Å². The van der Waals surface area contributed by atoms with Crippen LogP contribution in [0.1, 0.15) is 54.8 Å². The summed E-state index contributed by atoms with van der Waals surface area (Å²) in [5.74, 6) is -4.35. The predicted molar refractivity (Wildman–Crippen MR) is 183 cm³/mol. The number of benzene rings is 4. The molecule has 0 aliphatic carbocycles. The largest absolute Gasteiger partial charge is 0.461 e. The Kier molecular flexibility index (Phi) is 12.8. The molecule has 0 unspecified atom stereocenters. The number of esters is 5. The molecule has 1 aliphatic rings. The molecule has 0 bridgehead atoms. The second kappa shape index (κ2) is 18.1. The Morgan fingerprint density at radius 3 is 1.35 bits per heavy atom. The number of ether oxygens (including phenoxy) is 6. The molecule has 5 rings (SSSR count). The van der Waals surface area contributed by atoms with Crippen molar-refractivity contribution in [1.29, 1.82) is 0 Å². The van der Waals surface area contributed by atoms with E-state index in [2.05, 4.69) is 5.16 Å². The Hall–Kier alpha value is -6.34. The lowest BCUT2D eigenvalue weighted by atomic mass is 9.91. The second-order valence-corrected chi connectivity index (χ2v) is 11.4. The van der Waals surface area contributed by atoms with Gasteiger partial charge in [0.05, 0.1) is 28.9 Å². The quantitative estimate of drug-likeness (QED) is 0.0643. The van der Waals surface area contributed by atoms with E-state index in [4.69, 9.17) is 28.4 Å². The molecule has 13 nitrogen and oxygen atoms in total. The zero-order valence-corrected chi connectivity index (χ0v) is 27.9. The summed E-state index contributed by atoms with van der Waals surface area (Å²) in [4.78, 5) is 66.7. The molecule has 0 saturated carbocycles. The van der Waals surface area contributed by atoms with Gasteiger partial charge in [0.2, 0.25) is 0 Å². The average molecular weight is 710 g/mol. The van der Waals surface area contributed by atoms with Gasteiger partial charge in [0.25, 0.3) is 0 Å². The van der Waals surface area contributed by atoms with Gasteiger partial charge in [0, 0.05) is 6.42 Å². The fraction of sp³-hybridized carbons (Fsp3) is 0.231. The third-order valence-corrected chi connectivity index (χ3v) is 7.90. The van der Waals surface area contributed by atoms with E-state index in [1.165, 1.54) is 48.5 Å². The van der Waals surface area contributed by atoms with Crippen LogP contribution in [0.25, 0.3) is 0 Å². The van der Waals surface area contributed by atoms with Crippen LogP contribution in [-0.2, 0) is 33.2 Å². The van der Waals surface area contributed by atoms with Crippen LogP contribution in [0.15, 0.2) is 126 Å². The summed E-state index contributed by atoms with van der Waals surface area (Å²) < 4.78 is 34.9. The van der Waals surface area contributed by atoms with E-state index in [0.29, 0.717) is 0 Å². The number of hydrogen-bond acceptors (Lipinski definition) is 13. The highest BCUT2D eigenvalue weighted by Crippen LogP contribution is 2.33. The van der Waals surface area contributed by atoms with E-state index in [1.54, 1.807) is 79.7 Å². The Morgan fingerprint density at radius 1 is 0.558 bits per heavy atom. The minimum absolute atomic E-state index is 0.0529.